The molecule has 1 amide bonds. The number of likely N-dealkylation sites (tertiary alicyclic amines) is 1. The molecule has 3 nitrogen and oxygen atoms in total. The Morgan fingerprint density at radius 1 is 1.04 bits per heavy atom. The molecular formula is C19H21BrN2O. The van der Waals surface area contributed by atoms with Gasteiger partial charge in [0.15, 0.2) is 0 Å². The Kier molecular flexibility index (Phi) is 5.47. The fraction of sp³-hybridized carbons (Fsp3) is 0.316. The molecule has 0 unspecified atom stereocenters. The first-order valence-electron chi connectivity index (χ1n) is 8.03. The molecule has 4 heteroatoms. The molecule has 0 spiro atoms. The van der Waals surface area contributed by atoms with E-state index in [0.29, 0.717) is 0 Å². The molecule has 0 aliphatic carbocycles. The van der Waals surface area contributed by atoms with Gasteiger partial charge >= 0.3 is 0 Å². The van der Waals surface area contributed by atoms with Crippen LogP contribution in [0.4, 0.5) is 0 Å². The summed E-state index contributed by atoms with van der Waals surface area (Å²) in [4.78, 5) is 14.7. The summed E-state index contributed by atoms with van der Waals surface area (Å²) < 4.78 is 0.989. The number of carbonyl (C=O) groups excluding carboxylic acids is 1. The molecule has 1 aliphatic rings. The van der Waals surface area contributed by atoms with Crippen LogP contribution in [0, 0.1) is 0 Å². The second-order valence-corrected chi connectivity index (χ2v) is 6.93. The van der Waals surface area contributed by atoms with E-state index in [4.69, 9.17) is 0 Å². The van der Waals surface area contributed by atoms with Gasteiger partial charge in [0.1, 0.15) is 0 Å². The van der Waals surface area contributed by atoms with Crippen molar-refractivity contribution in [3.8, 4) is 0 Å². The van der Waals surface area contributed by atoms with Gasteiger partial charge in [0, 0.05) is 35.7 Å². The van der Waals surface area contributed by atoms with Crippen molar-refractivity contribution in [2.24, 2.45) is 0 Å². The van der Waals surface area contributed by atoms with Gasteiger partial charge in [-0.3, -0.25) is 9.69 Å². The molecule has 0 aromatic heterocycles. The Hall–Kier alpha value is -1.65. The maximum Gasteiger partial charge on any atom is 0.251 e. The molecule has 1 aliphatic heterocycles. The highest BCUT2D eigenvalue weighted by atomic mass is 79.9. The number of nitrogens with one attached hydrogen (secondary N) is 1. The molecule has 1 fully saturated rings. The Balaban J connectivity index is 1.47. The molecule has 0 radical (unpaired) electrons. The highest BCUT2D eigenvalue weighted by molar-refractivity contribution is 9.10. The zero-order valence-electron chi connectivity index (χ0n) is 13.0. The lowest BCUT2D eigenvalue weighted by molar-refractivity contribution is 0.0909. The first-order chi connectivity index (χ1) is 11.2. The SMILES string of the molecule is O=C(NC1CCN(Cc2ccccc2)CC1)c1ccc(Br)cc1. The largest absolute Gasteiger partial charge is 0.349 e. The molecule has 0 atom stereocenters. The van der Waals surface area contributed by atoms with Crippen LogP contribution in [-0.2, 0) is 6.54 Å². The molecule has 3 rings (SSSR count). The fourth-order valence-electron chi connectivity index (χ4n) is 2.95. The summed E-state index contributed by atoms with van der Waals surface area (Å²) in [6.07, 6.45) is 2.02. The average molecular weight is 373 g/mol. The second-order valence-electron chi connectivity index (χ2n) is 6.02. The van der Waals surface area contributed by atoms with Crippen LogP contribution in [0.15, 0.2) is 59.1 Å². The minimum Gasteiger partial charge on any atom is -0.349 e. The van der Waals surface area contributed by atoms with Crippen molar-refractivity contribution < 1.29 is 4.79 Å². The first kappa shape index (κ1) is 16.2. The summed E-state index contributed by atoms with van der Waals surface area (Å²) in [5.74, 6) is 0.0269. The van der Waals surface area contributed by atoms with Crippen molar-refractivity contribution in [1.29, 1.82) is 0 Å². The van der Waals surface area contributed by atoms with E-state index in [2.05, 4.69) is 50.4 Å². The number of amides is 1. The lowest BCUT2D eigenvalue weighted by atomic mass is 10.0. The van der Waals surface area contributed by atoms with E-state index < -0.39 is 0 Å². The minimum atomic E-state index is 0.0269. The van der Waals surface area contributed by atoms with Gasteiger partial charge in [0.25, 0.3) is 5.91 Å². The van der Waals surface area contributed by atoms with Crippen LogP contribution in [0.3, 0.4) is 0 Å². The number of piperidine rings is 1. The zero-order chi connectivity index (χ0) is 16.1. The quantitative estimate of drug-likeness (QED) is 0.883. The number of rotatable bonds is 4. The van der Waals surface area contributed by atoms with E-state index in [0.717, 1.165) is 42.5 Å². The summed E-state index contributed by atoms with van der Waals surface area (Å²) in [6.45, 7) is 3.05. The normalized spacial score (nSPS) is 16.2. The van der Waals surface area contributed by atoms with Crippen LogP contribution in [0.2, 0.25) is 0 Å². The standard InChI is InChI=1S/C19H21BrN2O/c20-17-8-6-16(7-9-17)19(23)21-18-10-12-22(13-11-18)14-15-4-2-1-3-5-15/h1-9,18H,10-14H2,(H,21,23). The van der Waals surface area contributed by atoms with Crippen LogP contribution in [0.5, 0.6) is 0 Å². The predicted octanol–water partition coefficient (Wildman–Crippen LogP) is 3.84. The molecular weight excluding hydrogens is 352 g/mol. The van der Waals surface area contributed by atoms with Crippen molar-refractivity contribution in [3.63, 3.8) is 0 Å². The molecule has 1 N–H and O–H groups in total. The monoisotopic (exact) mass is 372 g/mol. The summed E-state index contributed by atoms with van der Waals surface area (Å²) in [7, 11) is 0. The van der Waals surface area contributed by atoms with Crippen molar-refractivity contribution in [1.82, 2.24) is 10.2 Å². The Bertz CT molecular complexity index is 634. The minimum absolute atomic E-state index is 0.0269. The third kappa shape index (κ3) is 4.66. The third-order valence-corrected chi connectivity index (χ3v) is 4.81. The van der Waals surface area contributed by atoms with E-state index in [1.807, 2.05) is 30.3 Å². The van der Waals surface area contributed by atoms with E-state index in [1.165, 1.54) is 5.56 Å². The van der Waals surface area contributed by atoms with Crippen LogP contribution >= 0.6 is 15.9 Å². The molecule has 0 bridgehead atoms. The zero-order valence-corrected chi connectivity index (χ0v) is 14.6. The second kappa shape index (κ2) is 7.75. The highest BCUT2D eigenvalue weighted by Gasteiger charge is 2.21. The van der Waals surface area contributed by atoms with Gasteiger partial charge in [0.2, 0.25) is 0 Å². The Morgan fingerprint density at radius 3 is 2.35 bits per heavy atom. The number of hydrogen-bond donors (Lipinski definition) is 1. The van der Waals surface area contributed by atoms with E-state index >= 15 is 0 Å². The van der Waals surface area contributed by atoms with E-state index in [9.17, 15) is 4.79 Å². The van der Waals surface area contributed by atoms with Gasteiger partial charge in [-0.25, -0.2) is 0 Å². The van der Waals surface area contributed by atoms with Crippen LogP contribution < -0.4 is 5.32 Å². The van der Waals surface area contributed by atoms with Gasteiger partial charge in [-0.05, 0) is 42.7 Å². The van der Waals surface area contributed by atoms with Crippen LogP contribution in [-0.4, -0.2) is 29.9 Å². The first-order valence-corrected chi connectivity index (χ1v) is 8.83. The average Bonchev–Trinajstić information content (AvgIpc) is 2.58. The smallest absolute Gasteiger partial charge is 0.251 e. The molecule has 2 aromatic carbocycles. The van der Waals surface area contributed by atoms with Gasteiger partial charge in [-0.1, -0.05) is 46.3 Å². The van der Waals surface area contributed by atoms with Crippen molar-refractivity contribution >= 4 is 21.8 Å². The fourth-order valence-corrected chi connectivity index (χ4v) is 3.21. The van der Waals surface area contributed by atoms with Gasteiger partial charge in [-0.2, -0.15) is 0 Å². The number of nitrogens with zero attached hydrogens (tertiary/aromatic N) is 1. The summed E-state index contributed by atoms with van der Waals surface area (Å²) in [5.41, 5.74) is 2.07. The van der Waals surface area contributed by atoms with Gasteiger partial charge in [-0.15, -0.1) is 0 Å². The van der Waals surface area contributed by atoms with Gasteiger partial charge in [0.05, 0.1) is 0 Å². The highest BCUT2D eigenvalue weighted by Crippen LogP contribution is 2.15. The van der Waals surface area contributed by atoms with Gasteiger partial charge < -0.3 is 5.32 Å². The number of benzene rings is 2. The molecule has 0 saturated carbocycles. The molecule has 2 aromatic rings. The van der Waals surface area contributed by atoms with Crippen molar-refractivity contribution in [2.45, 2.75) is 25.4 Å². The van der Waals surface area contributed by atoms with Crippen molar-refractivity contribution in [2.75, 3.05) is 13.1 Å². The summed E-state index contributed by atoms with van der Waals surface area (Å²) in [6, 6.07) is 18.3. The lowest BCUT2D eigenvalue weighted by Crippen LogP contribution is -2.44. The molecule has 23 heavy (non-hydrogen) atoms. The maximum absolute atomic E-state index is 12.3. The van der Waals surface area contributed by atoms with Crippen LogP contribution in [0.25, 0.3) is 0 Å². The van der Waals surface area contributed by atoms with E-state index in [-0.39, 0.29) is 11.9 Å². The Labute approximate surface area is 145 Å². The summed E-state index contributed by atoms with van der Waals surface area (Å²) >= 11 is 3.39. The molecule has 1 saturated heterocycles. The predicted molar refractivity (Wildman–Crippen MR) is 96.3 cm³/mol. The maximum atomic E-state index is 12.3. The summed E-state index contributed by atoms with van der Waals surface area (Å²) in [5, 5.41) is 3.16. The molecule has 120 valence electrons. The number of hydrogen-bond acceptors (Lipinski definition) is 2. The molecule has 1 heterocycles. The third-order valence-electron chi connectivity index (χ3n) is 4.28. The number of halogens is 1. The topological polar surface area (TPSA) is 32.3 Å². The van der Waals surface area contributed by atoms with Crippen LogP contribution in [0.1, 0.15) is 28.8 Å². The van der Waals surface area contributed by atoms with E-state index in [1.54, 1.807) is 0 Å². The lowest BCUT2D eigenvalue weighted by Gasteiger charge is -2.32. The Morgan fingerprint density at radius 2 is 1.70 bits per heavy atom. The van der Waals surface area contributed by atoms with Crippen molar-refractivity contribution in [3.05, 3.63) is 70.2 Å². The number of carbonyl (C=O) groups is 1.